The van der Waals surface area contributed by atoms with Crippen molar-refractivity contribution in [2.24, 2.45) is 0 Å². The van der Waals surface area contributed by atoms with Gasteiger partial charge in [0.25, 0.3) is 5.91 Å². The lowest BCUT2D eigenvalue weighted by Crippen LogP contribution is -2.31. The van der Waals surface area contributed by atoms with Gasteiger partial charge in [-0.15, -0.1) is 0 Å². The van der Waals surface area contributed by atoms with Crippen LogP contribution in [-0.2, 0) is 6.42 Å². The molecular formula is C16H12BrCl2NO. The van der Waals surface area contributed by atoms with Crippen LogP contribution in [0.25, 0.3) is 0 Å². The van der Waals surface area contributed by atoms with Crippen molar-refractivity contribution >= 4 is 45.0 Å². The van der Waals surface area contributed by atoms with Crippen molar-refractivity contribution in [2.45, 2.75) is 11.2 Å². The number of fused-ring (bicyclic) bond motifs is 1. The second kappa shape index (κ2) is 5.99. The van der Waals surface area contributed by atoms with Crippen LogP contribution in [0.1, 0.15) is 31.9 Å². The summed E-state index contributed by atoms with van der Waals surface area (Å²) in [5.74, 6) is -0.0121. The molecule has 1 unspecified atom stereocenters. The molecule has 1 N–H and O–H groups in total. The standard InChI is InChI=1S/C16H12BrCl2NO/c17-15(11-5-12(18)8-13(19)6-11)10-2-1-9-3-4-20-16(21)14(9)7-10/h1-2,5-8,15H,3-4H2,(H,20,21). The molecule has 0 aromatic heterocycles. The van der Waals surface area contributed by atoms with Gasteiger partial charge in [0.1, 0.15) is 0 Å². The highest BCUT2D eigenvalue weighted by atomic mass is 79.9. The van der Waals surface area contributed by atoms with E-state index in [-0.39, 0.29) is 10.7 Å². The second-order valence-corrected chi connectivity index (χ2v) is 6.78. The predicted molar refractivity (Wildman–Crippen MR) is 89.7 cm³/mol. The zero-order valence-corrected chi connectivity index (χ0v) is 14.1. The molecule has 2 aromatic rings. The maximum absolute atomic E-state index is 11.9. The first kappa shape index (κ1) is 14.9. The zero-order chi connectivity index (χ0) is 15.0. The summed E-state index contributed by atoms with van der Waals surface area (Å²) in [6.07, 6.45) is 0.872. The maximum Gasteiger partial charge on any atom is 0.251 e. The van der Waals surface area contributed by atoms with Crippen molar-refractivity contribution in [1.29, 1.82) is 0 Å². The topological polar surface area (TPSA) is 29.1 Å². The molecular weight excluding hydrogens is 373 g/mol. The number of halogens is 3. The maximum atomic E-state index is 11.9. The number of carbonyl (C=O) groups excluding carboxylic acids is 1. The minimum absolute atomic E-state index is 0.0121. The highest BCUT2D eigenvalue weighted by molar-refractivity contribution is 9.09. The molecule has 2 aromatic carbocycles. The van der Waals surface area contributed by atoms with E-state index in [2.05, 4.69) is 21.2 Å². The normalized spacial score (nSPS) is 15.3. The number of rotatable bonds is 2. The van der Waals surface area contributed by atoms with Crippen LogP contribution in [0.4, 0.5) is 0 Å². The van der Waals surface area contributed by atoms with Crippen molar-refractivity contribution in [1.82, 2.24) is 5.32 Å². The molecule has 1 atom stereocenters. The lowest BCUT2D eigenvalue weighted by molar-refractivity contribution is 0.0946. The summed E-state index contributed by atoms with van der Waals surface area (Å²) in [5, 5.41) is 4.06. The smallest absolute Gasteiger partial charge is 0.251 e. The molecule has 21 heavy (non-hydrogen) atoms. The number of amides is 1. The van der Waals surface area contributed by atoms with E-state index in [9.17, 15) is 4.79 Å². The number of hydrogen-bond donors (Lipinski definition) is 1. The highest BCUT2D eigenvalue weighted by Gasteiger charge is 2.19. The van der Waals surface area contributed by atoms with E-state index >= 15 is 0 Å². The molecule has 3 rings (SSSR count). The number of alkyl halides is 1. The van der Waals surface area contributed by atoms with Crippen LogP contribution in [0.5, 0.6) is 0 Å². The van der Waals surface area contributed by atoms with Crippen LogP contribution in [0.2, 0.25) is 10.0 Å². The molecule has 1 aliphatic heterocycles. The first-order valence-electron chi connectivity index (χ1n) is 6.55. The Kier molecular flexibility index (Phi) is 4.25. The highest BCUT2D eigenvalue weighted by Crippen LogP contribution is 2.35. The van der Waals surface area contributed by atoms with Crippen LogP contribution >= 0.6 is 39.1 Å². The molecule has 0 radical (unpaired) electrons. The fourth-order valence-electron chi connectivity index (χ4n) is 2.50. The number of hydrogen-bond acceptors (Lipinski definition) is 1. The van der Waals surface area contributed by atoms with E-state index in [0.29, 0.717) is 16.6 Å². The lowest BCUT2D eigenvalue weighted by atomic mass is 9.95. The average molecular weight is 385 g/mol. The summed E-state index contributed by atoms with van der Waals surface area (Å²) in [4.78, 5) is 11.9. The summed E-state index contributed by atoms with van der Waals surface area (Å²) in [5.41, 5.74) is 3.80. The van der Waals surface area contributed by atoms with Crippen LogP contribution in [0, 0.1) is 0 Å². The number of nitrogens with one attached hydrogen (secondary N) is 1. The number of carbonyl (C=O) groups is 1. The lowest BCUT2D eigenvalue weighted by Gasteiger charge is -2.19. The summed E-state index contributed by atoms with van der Waals surface area (Å²) in [6, 6.07) is 11.4. The molecule has 0 saturated carbocycles. The molecule has 1 heterocycles. The first-order valence-corrected chi connectivity index (χ1v) is 8.23. The SMILES string of the molecule is O=C1NCCc2ccc(C(Br)c3cc(Cl)cc(Cl)c3)cc21. The van der Waals surface area contributed by atoms with Gasteiger partial charge in [-0.05, 0) is 47.4 Å². The average Bonchev–Trinajstić information content (AvgIpc) is 2.45. The van der Waals surface area contributed by atoms with E-state index in [1.807, 2.05) is 30.3 Å². The Morgan fingerprint density at radius 1 is 1.05 bits per heavy atom. The third-order valence-electron chi connectivity index (χ3n) is 3.53. The summed E-state index contributed by atoms with van der Waals surface area (Å²) in [6.45, 7) is 0.701. The molecule has 0 fully saturated rings. The van der Waals surface area contributed by atoms with Crippen LogP contribution in [-0.4, -0.2) is 12.5 Å². The Balaban J connectivity index is 2.00. The van der Waals surface area contributed by atoms with E-state index in [1.54, 1.807) is 6.07 Å². The molecule has 2 nitrogen and oxygen atoms in total. The Bertz CT molecular complexity index is 697. The molecule has 108 valence electrons. The van der Waals surface area contributed by atoms with Gasteiger partial charge in [-0.3, -0.25) is 4.79 Å². The second-order valence-electron chi connectivity index (χ2n) is 4.99. The molecule has 0 aliphatic carbocycles. The van der Waals surface area contributed by atoms with Crippen LogP contribution in [0.3, 0.4) is 0 Å². The third kappa shape index (κ3) is 3.10. The van der Waals surface area contributed by atoms with Crippen molar-refractivity contribution < 1.29 is 4.79 Å². The van der Waals surface area contributed by atoms with Crippen molar-refractivity contribution in [3.63, 3.8) is 0 Å². The van der Waals surface area contributed by atoms with Gasteiger partial charge in [0.05, 0.1) is 4.83 Å². The van der Waals surface area contributed by atoms with Crippen LogP contribution < -0.4 is 5.32 Å². The zero-order valence-electron chi connectivity index (χ0n) is 11.0. The van der Waals surface area contributed by atoms with E-state index in [4.69, 9.17) is 23.2 Å². The van der Waals surface area contributed by atoms with Crippen molar-refractivity contribution in [2.75, 3.05) is 6.54 Å². The molecule has 0 bridgehead atoms. The van der Waals surface area contributed by atoms with Gasteiger partial charge < -0.3 is 5.32 Å². The molecule has 0 spiro atoms. The molecule has 5 heteroatoms. The third-order valence-corrected chi connectivity index (χ3v) is 5.02. The van der Waals surface area contributed by atoms with E-state index in [1.165, 1.54) is 0 Å². The fourth-order valence-corrected chi connectivity index (χ4v) is 3.59. The van der Waals surface area contributed by atoms with Crippen molar-refractivity contribution in [3.05, 3.63) is 68.7 Å². The van der Waals surface area contributed by atoms with Gasteiger partial charge >= 0.3 is 0 Å². The molecule has 1 amide bonds. The minimum Gasteiger partial charge on any atom is -0.352 e. The van der Waals surface area contributed by atoms with Gasteiger partial charge in [0.2, 0.25) is 0 Å². The Hall–Kier alpha value is -1.03. The molecule has 0 saturated heterocycles. The van der Waals surface area contributed by atoms with Gasteiger partial charge in [-0.1, -0.05) is 51.3 Å². The summed E-state index contributed by atoms with van der Waals surface area (Å²) < 4.78 is 0. The van der Waals surface area contributed by atoms with Gasteiger partial charge in [-0.2, -0.15) is 0 Å². The fraction of sp³-hybridized carbons (Fsp3) is 0.188. The Morgan fingerprint density at radius 2 is 1.76 bits per heavy atom. The number of benzene rings is 2. The van der Waals surface area contributed by atoms with Gasteiger partial charge in [-0.25, -0.2) is 0 Å². The first-order chi connectivity index (χ1) is 10.0. The Morgan fingerprint density at radius 3 is 2.48 bits per heavy atom. The quantitative estimate of drug-likeness (QED) is 0.742. The van der Waals surface area contributed by atoms with E-state index < -0.39 is 0 Å². The van der Waals surface area contributed by atoms with E-state index in [0.717, 1.165) is 28.7 Å². The largest absolute Gasteiger partial charge is 0.352 e. The predicted octanol–water partition coefficient (Wildman–Crippen LogP) is 4.76. The van der Waals surface area contributed by atoms with Gasteiger partial charge in [0.15, 0.2) is 0 Å². The van der Waals surface area contributed by atoms with Crippen LogP contribution in [0.15, 0.2) is 36.4 Å². The van der Waals surface area contributed by atoms with Crippen molar-refractivity contribution in [3.8, 4) is 0 Å². The summed E-state index contributed by atoms with van der Waals surface area (Å²) in [7, 11) is 0. The van der Waals surface area contributed by atoms with Gasteiger partial charge in [0, 0.05) is 22.2 Å². The summed E-state index contributed by atoms with van der Waals surface area (Å²) >= 11 is 15.8. The monoisotopic (exact) mass is 383 g/mol. The molecule has 1 aliphatic rings. The minimum atomic E-state index is -0.0614. The Labute approximate surface area is 141 Å².